The van der Waals surface area contributed by atoms with Gasteiger partial charge in [0.1, 0.15) is 0 Å². The van der Waals surface area contributed by atoms with Crippen molar-refractivity contribution in [2.45, 2.75) is 26.2 Å². The zero-order valence-electron chi connectivity index (χ0n) is 13.4. The summed E-state index contributed by atoms with van der Waals surface area (Å²) in [5.41, 5.74) is 3.25. The highest BCUT2D eigenvalue weighted by molar-refractivity contribution is 9.10. The van der Waals surface area contributed by atoms with Crippen molar-refractivity contribution in [1.29, 1.82) is 0 Å². The fourth-order valence-electron chi connectivity index (χ4n) is 3.04. The largest absolute Gasteiger partial charge is 0.358 e. The highest BCUT2D eigenvalue weighted by Gasteiger charge is 2.34. The molecule has 4 heteroatoms. The number of rotatable bonds is 3. The SMILES string of the molecule is Cc1[nH]c2ccccc2c1C(C)(C)C(=O)Nc1ccccc1Br. The molecule has 1 aromatic heterocycles. The predicted molar refractivity (Wildman–Crippen MR) is 98.8 cm³/mol. The summed E-state index contributed by atoms with van der Waals surface area (Å²) in [6.45, 7) is 5.94. The second-order valence-corrected chi connectivity index (χ2v) is 7.08. The molecule has 118 valence electrons. The summed E-state index contributed by atoms with van der Waals surface area (Å²) >= 11 is 3.47. The molecule has 1 amide bonds. The zero-order valence-corrected chi connectivity index (χ0v) is 15.0. The molecule has 0 aliphatic rings. The number of para-hydroxylation sites is 2. The van der Waals surface area contributed by atoms with Crippen LogP contribution < -0.4 is 5.32 Å². The van der Waals surface area contributed by atoms with E-state index in [1.165, 1.54) is 0 Å². The molecular weight excluding hydrogens is 352 g/mol. The minimum Gasteiger partial charge on any atom is -0.358 e. The number of nitrogens with one attached hydrogen (secondary N) is 2. The maximum atomic E-state index is 12.9. The van der Waals surface area contributed by atoms with E-state index in [9.17, 15) is 4.79 Å². The molecule has 1 heterocycles. The van der Waals surface area contributed by atoms with Gasteiger partial charge in [-0.05, 0) is 60.5 Å². The molecule has 3 rings (SSSR count). The van der Waals surface area contributed by atoms with Crippen molar-refractivity contribution in [1.82, 2.24) is 4.98 Å². The van der Waals surface area contributed by atoms with Crippen LogP contribution in [0.1, 0.15) is 25.1 Å². The van der Waals surface area contributed by atoms with Gasteiger partial charge in [-0.25, -0.2) is 0 Å². The first kappa shape index (κ1) is 15.8. The number of fused-ring (bicyclic) bond motifs is 1. The Morgan fingerprint density at radius 3 is 2.48 bits per heavy atom. The van der Waals surface area contributed by atoms with E-state index in [2.05, 4.69) is 32.3 Å². The molecule has 2 aromatic carbocycles. The van der Waals surface area contributed by atoms with Crippen LogP contribution in [0.4, 0.5) is 5.69 Å². The minimum atomic E-state index is -0.654. The summed E-state index contributed by atoms with van der Waals surface area (Å²) in [6, 6.07) is 15.7. The third kappa shape index (κ3) is 2.79. The monoisotopic (exact) mass is 370 g/mol. The molecule has 0 radical (unpaired) electrons. The number of hydrogen-bond acceptors (Lipinski definition) is 1. The van der Waals surface area contributed by atoms with Crippen LogP contribution in [-0.4, -0.2) is 10.9 Å². The molecule has 0 unspecified atom stereocenters. The third-order valence-corrected chi connectivity index (χ3v) is 4.90. The van der Waals surface area contributed by atoms with Gasteiger partial charge in [0.2, 0.25) is 5.91 Å². The van der Waals surface area contributed by atoms with Crippen LogP contribution in [0.5, 0.6) is 0 Å². The lowest BCUT2D eigenvalue weighted by Gasteiger charge is -2.25. The van der Waals surface area contributed by atoms with E-state index in [1.807, 2.05) is 63.2 Å². The smallest absolute Gasteiger partial charge is 0.234 e. The molecule has 2 N–H and O–H groups in total. The quantitative estimate of drug-likeness (QED) is 0.657. The van der Waals surface area contributed by atoms with Gasteiger partial charge in [0.25, 0.3) is 0 Å². The first-order valence-corrected chi connectivity index (χ1v) is 8.34. The molecule has 0 saturated carbocycles. The Morgan fingerprint density at radius 1 is 1.09 bits per heavy atom. The third-order valence-electron chi connectivity index (χ3n) is 4.21. The van der Waals surface area contributed by atoms with Crippen molar-refractivity contribution < 1.29 is 4.79 Å². The molecule has 0 fully saturated rings. The molecule has 0 atom stereocenters. The van der Waals surface area contributed by atoms with E-state index in [0.717, 1.165) is 32.3 Å². The van der Waals surface area contributed by atoms with Gasteiger partial charge in [-0.15, -0.1) is 0 Å². The average molecular weight is 371 g/mol. The Balaban J connectivity index is 2.01. The normalized spacial score (nSPS) is 11.7. The minimum absolute atomic E-state index is 0.0303. The van der Waals surface area contributed by atoms with Crippen molar-refractivity contribution in [2.24, 2.45) is 0 Å². The van der Waals surface area contributed by atoms with E-state index in [4.69, 9.17) is 0 Å². The van der Waals surface area contributed by atoms with Crippen molar-refractivity contribution in [2.75, 3.05) is 5.32 Å². The van der Waals surface area contributed by atoms with Crippen molar-refractivity contribution >= 4 is 38.4 Å². The van der Waals surface area contributed by atoms with Gasteiger partial charge in [-0.2, -0.15) is 0 Å². The second kappa shape index (κ2) is 5.85. The van der Waals surface area contributed by atoms with Gasteiger partial charge in [0, 0.05) is 21.1 Å². The number of amides is 1. The number of hydrogen-bond donors (Lipinski definition) is 2. The van der Waals surface area contributed by atoms with Crippen LogP contribution in [0.2, 0.25) is 0 Å². The molecule has 3 aromatic rings. The number of H-pyrrole nitrogens is 1. The summed E-state index contributed by atoms with van der Waals surface area (Å²) < 4.78 is 0.875. The molecule has 0 bridgehead atoms. The summed E-state index contributed by atoms with van der Waals surface area (Å²) in [4.78, 5) is 16.3. The highest BCUT2D eigenvalue weighted by atomic mass is 79.9. The number of aromatic amines is 1. The van der Waals surface area contributed by atoms with Crippen LogP contribution in [0, 0.1) is 6.92 Å². The van der Waals surface area contributed by atoms with Crippen molar-refractivity contribution in [3.05, 3.63) is 64.3 Å². The van der Waals surface area contributed by atoms with Crippen molar-refractivity contribution in [3.8, 4) is 0 Å². The van der Waals surface area contributed by atoms with Gasteiger partial charge in [0.15, 0.2) is 0 Å². The number of aryl methyl sites for hydroxylation is 1. The maximum absolute atomic E-state index is 12.9. The van der Waals surface area contributed by atoms with Gasteiger partial charge in [-0.1, -0.05) is 30.3 Å². The number of carbonyl (C=O) groups excluding carboxylic acids is 1. The number of aromatic nitrogens is 1. The van der Waals surface area contributed by atoms with E-state index < -0.39 is 5.41 Å². The molecule has 23 heavy (non-hydrogen) atoms. The molecule has 3 nitrogen and oxygen atoms in total. The summed E-state index contributed by atoms with van der Waals surface area (Å²) in [6.07, 6.45) is 0. The van der Waals surface area contributed by atoms with Crippen LogP contribution in [0.25, 0.3) is 10.9 Å². The highest BCUT2D eigenvalue weighted by Crippen LogP contribution is 2.35. The molecule has 0 aliphatic carbocycles. The van der Waals surface area contributed by atoms with Crippen LogP contribution in [0.3, 0.4) is 0 Å². The lowest BCUT2D eigenvalue weighted by molar-refractivity contribution is -0.120. The lowest BCUT2D eigenvalue weighted by Crippen LogP contribution is -2.35. The average Bonchev–Trinajstić information content (AvgIpc) is 2.85. The van der Waals surface area contributed by atoms with Gasteiger partial charge in [0.05, 0.1) is 11.1 Å². The van der Waals surface area contributed by atoms with Crippen LogP contribution >= 0.6 is 15.9 Å². The van der Waals surface area contributed by atoms with E-state index in [0.29, 0.717) is 0 Å². The van der Waals surface area contributed by atoms with Crippen LogP contribution in [-0.2, 0) is 10.2 Å². The zero-order chi connectivity index (χ0) is 16.6. The van der Waals surface area contributed by atoms with E-state index >= 15 is 0 Å². The Hall–Kier alpha value is -2.07. The Labute approximate surface area is 144 Å². The second-order valence-electron chi connectivity index (χ2n) is 6.23. The number of benzene rings is 2. The van der Waals surface area contributed by atoms with Gasteiger partial charge < -0.3 is 10.3 Å². The summed E-state index contributed by atoms with van der Waals surface area (Å²) in [7, 11) is 0. The summed E-state index contributed by atoms with van der Waals surface area (Å²) in [5, 5.41) is 4.13. The fourth-order valence-corrected chi connectivity index (χ4v) is 3.42. The van der Waals surface area contributed by atoms with Gasteiger partial charge >= 0.3 is 0 Å². The van der Waals surface area contributed by atoms with Gasteiger partial charge in [-0.3, -0.25) is 4.79 Å². The molecule has 0 saturated heterocycles. The first-order valence-electron chi connectivity index (χ1n) is 7.55. The number of halogens is 1. The fraction of sp³-hybridized carbons (Fsp3) is 0.211. The van der Waals surface area contributed by atoms with E-state index in [-0.39, 0.29) is 5.91 Å². The van der Waals surface area contributed by atoms with Crippen LogP contribution in [0.15, 0.2) is 53.0 Å². The molecule has 0 aliphatic heterocycles. The topological polar surface area (TPSA) is 44.9 Å². The Bertz CT molecular complexity index is 880. The molecule has 0 spiro atoms. The number of anilines is 1. The molecular formula is C19H19BrN2O. The first-order chi connectivity index (χ1) is 10.9. The predicted octanol–water partition coefficient (Wildman–Crippen LogP) is 5.16. The lowest BCUT2D eigenvalue weighted by atomic mass is 9.81. The van der Waals surface area contributed by atoms with E-state index in [1.54, 1.807) is 0 Å². The maximum Gasteiger partial charge on any atom is 0.234 e. The Kier molecular flexibility index (Phi) is 4.02. The number of carbonyl (C=O) groups is 1. The summed E-state index contributed by atoms with van der Waals surface area (Å²) in [5.74, 6) is -0.0303. The Morgan fingerprint density at radius 2 is 1.74 bits per heavy atom. The standard InChI is InChI=1S/C19H19BrN2O/c1-12-17(13-8-4-6-10-15(13)21-12)19(2,3)18(23)22-16-11-7-5-9-14(16)20/h4-11,21H,1-3H3,(H,22,23). The van der Waals surface area contributed by atoms with Crippen molar-refractivity contribution in [3.63, 3.8) is 0 Å².